The number of rotatable bonds is 4. The highest BCUT2D eigenvalue weighted by atomic mass is 32.2. The minimum Gasteiger partial charge on any atom is -0.399 e. The molecule has 0 saturated carbocycles. The van der Waals surface area contributed by atoms with E-state index in [9.17, 15) is 8.42 Å². The van der Waals surface area contributed by atoms with E-state index < -0.39 is 18.1 Å². The van der Waals surface area contributed by atoms with E-state index in [1.165, 1.54) is 12.1 Å². The van der Waals surface area contributed by atoms with Crippen LogP contribution >= 0.6 is 0 Å². The molecule has 1 aromatic rings. The van der Waals surface area contributed by atoms with Crippen LogP contribution in [0.3, 0.4) is 0 Å². The van der Waals surface area contributed by atoms with Crippen LogP contribution in [-0.2, 0) is 10.0 Å². The Morgan fingerprint density at radius 2 is 1.69 bits per heavy atom. The summed E-state index contributed by atoms with van der Waals surface area (Å²) in [4.78, 5) is 0.264. The molecule has 0 radical (unpaired) electrons. The van der Waals surface area contributed by atoms with Crippen molar-refractivity contribution in [2.75, 3.05) is 11.9 Å². The Labute approximate surface area is 97.9 Å². The van der Waals surface area contributed by atoms with Gasteiger partial charge in [-0.05, 0) is 24.3 Å². The Morgan fingerprint density at radius 3 is 2.12 bits per heavy atom. The third-order valence-electron chi connectivity index (χ3n) is 1.98. The number of nitrogen functional groups attached to an aromatic ring is 1. The van der Waals surface area contributed by atoms with Gasteiger partial charge in [-0.3, -0.25) is 0 Å². The van der Waals surface area contributed by atoms with Crippen molar-refractivity contribution in [2.24, 2.45) is 0 Å². The number of benzene rings is 1. The number of hydrogen-bond donors (Lipinski definition) is 2. The normalized spacial score (nSPS) is 12.7. The van der Waals surface area contributed by atoms with Crippen LogP contribution in [-0.4, -0.2) is 22.7 Å². The number of sulfonamides is 1. The molecule has 4 nitrogen and oxygen atoms in total. The van der Waals surface area contributed by atoms with Crippen LogP contribution in [0.1, 0.15) is 0 Å². The second kappa shape index (κ2) is 4.56. The monoisotopic (exact) mass is 258 g/mol. The second-order valence-corrected chi connectivity index (χ2v) is 12.2. The van der Waals surface area contributed by atoms with E-state index in [2.05, 4.69) is 24.4 Å². The van der Waals surface area contributed by atoms with Crippen molar-refractivity contribution < 1.29 is 8.42 Å². The third kappa shape index (κ3) is 3.95. The van der Waals surface area contributed by atoms with E-state index in [0.29, 0.717) is 11.9 Å². The lowest BCUT2D eigenvalue weighted by molar-refractivity contribution is 0.586. The molecule has 0 aliphatic rings. The van der Waals surface area contributed by atoms with Crippen molar-refractivity contribution >= 4 is 23.8 Å². The Hall–Kier alpha value is -0.853. The Morgan fingerprint density at radius 1 is 1.19 bits per heavy atom. The lowest BCUT2D eigenvalue weighted by atomic mass is 10.3. The molecule has 0 saturated heterocycles. The molecule has 6 heteroatoms. The van der Waals surface area contributed by atoms with Crippen LogP contribution in [0.2, 0.25) is 19.6 Å². The van der Waals surface area contributed by atoms with Crippen molar-refractivity contribution in [2.45, 2.75) is 24.5 Å². The summed E-state index contributed by atoms with van der Waals surface area (Å²) in [5, 5.41) is 0. The summed E-state index contributed by atoms with van der Waals surface area (Å²) in [7, 11) is -4.81. The van der Waals surface area contributed by atoms with Gasteiger partial charge in [0.1, 0.15) is 0 Å². The lowest BCUT2D eigenvalue weighted by Gasteiger charge is -2.16. The first kappa shape index (κ1) is 13.2. The van der Waals surface area contributed by atoms with E-state index in [4.69, 9.17) is 5.73 Å². The van der Waals surface area contributed by atoms with Gasteiger partial charge in [-0.1, -0.05) is 19.6 Å². The van der Waals surface area contributed by atoms with Crippen molar-refractivity contribution in [3.8, 4) is 0 Å². The lowest BCUT2D eigenvalue weighted by Crippen LogP contribution is -2.39. The van der Waals surface area contributed by atoms with E-state index in [0.717, 1.165) is 0 Å². The summed E-state index contributed by atoms with van der Waals surface area (Å²) in [6.07, 6.45) is 0.541. The van der Waals surface area contributed by atoms with Gasteiger partial charge in [0.15, 0.2) is 0 Å². The summed E-state index contributed by atoms with van der Waals surface area (Å²) in [6, 6.07) is 6.20. The van der Waals surface area contributed by atoms with Gasteiger partial charge in [0.25, 0.3) is 0 Å². The van der Waals surface area contributed by atoms with Crippen LogP contribution in [0.25, 0.3) is 0 Å². The average molecular weight is 258 g/mol. The molecule has 0 atom stereocenters. The SMILES string of the molecule is C[Si](C)(C)CNS(=O)(=O)c1ccc(N)cc1. The highest BCUT2D eigenvalue weighted by Crippen LogP contribution is 2.11. The highest BCUT2D eigenvalue weighted by molar-refractivity contribution is 7.89. The molecular weight excluding hydrogens is 240 g/mol. The van der Waals surface area contributed by atoms with E-state index >= 15 is 0 Å². The maximum Gasteiger partial charge on any atom is 0.240 e. The van der Waals surface area contributed by atoms with Crippen LogP contribution in [0, 0.1) is 0 Å². The Balaban J connectivity index is 2.83. The van der Waals surface area contributed by atoms with Gasteiger partial charge in [0, 0.05) is 11.9 Å². The molecule has 1 rings (SSSR count). The third-order valence-corrected chi connectivity index (χ3v) is 4.89. The zero-order valence-corrected chi connectivity index (χ0v) is 11.6. The van der Waals surface area contributed by atoms with Gasteiger partial charge < -0.3 is 5.73 Å². The van der Waals surface area contributed by atoms with Crippen molar-refractivity contribution in [3.05, 3.63) is 24.3 Å². The summed E-state index contributed by atoms with van der Waals surface area (Å²) in [6.45, 7) is 6.33. The summed E-state index contributed by atoms with van der Waals surface area (Å²) >= 11 is 0. The maximum absolute atomic E-state index is 11.9. The summed E-state index contributed by atoms with van der Waals surface area (Å²) in [5.74, 6) is 0. The quantitative estimate of drug-likeness (QED) is 0.634. The molecule has 1 aromatic carbocycles. The Bertz CT molecular complexity index is 449. The molecule has 0 bridgehead atoms. The molecule has 0 unspecified atom stereocenters. The van der Waals surface area contributed by atoms with Crippen LogP contribution in [0.15, 0.2) is 29.2 Å². The zero-order chi connectivity index (χ0) is 12.4. The number of nitrogens with two attached hydrogens (primary N) is 1. The predicted octanol–water partition coefficient (Wildman–Crippen LogP) is 1.42. The smallest absolute Gasteiger partial charge is 0.240 e. The first-order chi connectivity index (χ1) is 7.21. The fraction of sp³-hybridized carbons (Fsp3) is 0.400. The first-order valence-electron chi connectivity index (χ1n) is 5.06. The maximum atomic E-state index is 11.9. The minimum atomic E-state index is -3.38. The molecule has 0 aliphatic heterocycles. The standard InChI is InChI=1S/C10H18N2O2SSi/c1-16(2,3)8-12-15(13,14)10-6-4-9(11)5-7-10/h4-7,12H,8,11H2,1-3H3. The van der Waals surface area contributed by atoms with Gasteiger partial charge in [-0.25, -0.2) is 13.1 Å². The van der Waals surface area contributed by atoms with E-state index in [1.807, 2.05) is 0 Å². The van der Waals surface area contributed by atoms with E-state index in [1.54, 1.807) is 12.1 Å². The molecule has 0 heterocycles. The van der Waals surface area contributed by atoms with Crippen molar-refractivity contribution in [1.29, 1.82) is 0 Å². The topological polar surface area (TPSA) is 72.2 Å². The summed E-state index contributed by atoms with van der Waals surface area (Å²) in [5.41, 5.74) is 6.06. The fourth-order valence-corrected chi connectivity index (χ4v) is 4.20. The van der Waals surface area contributed by atoms with Gasteiger partial charge in [0.05, 0.1) is 13.0 Å². The first-order valence-corrected chi connectivity index (χ1v) is 10.2. The van der Waals surface area contributed by atoms with Crippen LogP contribution in [0.4, 0.5) is 5.69 Å². The number of nitrogens with one attached hydrogen (secondary N) is 1. The predicted molar refractivity (Wildman–Crippen MR) is 69.4 cm³/mol. The Kier molecular flexibility index (Phi) is 3.77. The number of hydrogen-bond acceptors (Lipinski definition) is 3. The highest BCUT2D eigenvalue weighted by Gasteiger charge is 2.19. The van der Waals surface area contributed by atoms with Crippen molar-refractivity contribution in [3.63, 3.8) is 0 Å². The molecule has 0 fully saturated rings. The zero-order valence-electron chi connectivity index (χ0n) is 9.82. The van der Waals surface area contributed by atoms with Gasteiger partial charge in [-0.15, -0.1) is 0 Å². The minimum absolute atomic E-state index is 0.264. The molecule has 0 spiro atoms. The molecule has 0 aliphatic carbocycles. The second-order valence-electron chi connectivity index (χ2n) is 4.95. The van der Waals surface area contributed by atoms with Crippen LogP contribution < -0.4 is 10.5 Å². The molecule has 90 valence electrons. The molecular formula is C10H18N2O2SSi. The molecule has 0 amide bonds. The van der Waals surface area contributed by atoms with E-state index in [-0.39, 0.29) is 4.90 Å². The van der Waals surface area contributed by atoms with Gasteiger partial charge >= 0.3 is 0 Å². The fourth-order valence-electron chi connectivity index (χ4n) is 1.04. The van der Waals surface area contributed by atoms with Gasteiger partial charge in [0.2, 0.25) is 10.0 Å². The van der Waals surface area contributed by atoms with Gasteiger partial charge in [-0.2, -0.15) is 0 Å². The largest absolute Gasteiger partial charge is 0.399 e. The molecule has 3 N–H and O–H groups in total. The van der Waals surface area contributed by atoms with Crippen molar-refractivity contribution in [1.82, 2.24) is 4.72 Å². The average Bonchev–Trinajstić information content (AvgIpc) is 2.15. The number of anilines is 1. The van der Waals surface area contributed by atoms with Crippen LogP contribution in [0.5, 0.6) is 0 Å². The molecule has 16 heavy (non-hydrogen) atoms. The molecule has 0 aromatic heterocycles. The summed E-state index contributed by atoms with van der Waals surface area (Å²) < 4.78 is 26.3.